The molecule has 0 fully saturated rings. The van der Waals surface area contributed by atoms with E-state index in [1.54, 1.807) is 12.1 Å². The summed E-state index contributed by atoms with van der Waals surface area (Å²) in [5.41, 5.74) is 0.400. The molecule has 0 atom stereocenters. The van der Waals surface area contributed by atoms with E-state index in [0.29, 0.717) is 5.46 Å². The van der Waals surface area contributed by atoms with E-state index in [2.05, 4.69) is 10.3 Å². The summed E-state index contributed by atoms with van der Waals surface area (Å²) in [5, 5.41) is 20.5. The van der Waals surface area contributed by atoms with Crippen LogP contribution in [0.2, 0.25) is 0 Å². The van der Waals surface area contributed by atoms with Gasteiger partial charge in [0.05, 0.1) is 0 Å². The molecule has 72 valence electrons. The van der Waals surface area contributed by atoms with Crippen molar-refractivity contribution in [2.24, 2.45) is 0 Å². The minimum atomic E-state index is -1.44. The van der Waals surface area contributed by atoms with Gasteiger partial charge in [0.15, 0.2) is 0 Å². The number of pyridine rings is 1. The van der Waals surface area contributed by atoms with Crippen LogP contribution in [-0.2, 0) is 0 Å². The third-order valence-electron chi connectivity index (χ3n) is 1.44. The first-order valence-electron chi connectivity index (χ1n) is 3.80. The highest BCUT2D eigenvalue weighted by atomic mass is 35.5. The molecule has 0 spiro atoms. The summed E-state index contributed by atoms with van der Waals surface area (Å²) in [6.45, 7) is 2.77. The van der Waals surface area contributed by atoms with Gasteiger partial charge in [-0.15, -0.1) is 12.4 Å². The third kappa shape index (κ3) is 3.63. The minimum absolute atomic E-state index is 0. The average Bonchev–Trinajstić information content (AvgIpc) is 2.06. The quantitative estimate of drug-likeness (QED) is 0.585. The van der Waals surface area contributed by atoms with Crippen LogP contribution in [0.5, 0.6) is 0 Å². The highest BCUT2D eigenvalue weighted by molar-refractivity contribution is 6.58. The Labute approximate surface area is 83.6 Å². The van der Waals surface area contributed by atoms with E-state index in [0.717, 1.165) is 12.4 Å². The van der Waals surface area contributed by atoms with Crippen molar-refractivity contribution >= 4 is 30.8 Å². The maximum absolute atomic E-state index is 8.74. The van der Waals surface area contributed by atoms with Crippen LogP contribution in [0.15, 0.2) is 18.3 Å². The summed E-state index contributed by atoms with van der Waals surface area (Å²) < 4.78 is 0. The summed E-state index contributed by atoms with van der Waals surface area (Å²) >= 11 is 0. The molecule has 0 saturated carbocycles. The van der Waals surface area contributed by atoms with Crippen molar-refractivity contribution in [3.05, 3.63) is 18.3 Å². The molecule has 0 radical (unpaired) electrons. The van der Waals surface area contributed by atoms with Gasteiger partial charge in [0.2, 0.25) is 0 Å². The number of halogens is 1. The SMILES string of the molecule is CCNc1ccc(B(O)O)cn1.Cl. The van der Waals surface area contributed by atoms with Crippen molar-refractivity contribution in [1.82, 2.24) is 4.98 Å². The zero-order valence-corrected chi connectivity index (χ0v) is 8.08. The van der Waals surface area contributed by atoms with Gasteiger partial charge in [0.1, 0.15) is 5.82 Å². The van der Waals surface area contributed by atoms with Gasteiger partial charge in [-0.1, -0.05) is 6.07 Å². The first-order chi connectivity index (χ1) is 5.74. The Kier molecular flexibility index (Phi) is 5.45. The topological polar surface area (TPSA) is 65.4 Å². The van der Waals surface area contributed by atoms with E-state index in [1.165, 1.54) is 6.20 Å². The highest BCUT2D eigenvalue weighted by Gasteiger charge is 2.09. The highest BCUT2D eigenvalue weighted by Crippen LogP contribution is 1.97. The molecule has 0 aliphatic rings. The molecule has 6 heteroatoms. The largest absolute Gasteiger partial charge is 0.490 e. The van der Waals surface area contributed by atoms with Crippen LogP contribution < -0.4 is 10.8 Å². The molecule has 0 aliphatic heterocycles. The maximum atomic E-state index is 8.74. The van der Waals surface area contributed by atoms with Crippen LogP contribution in [0, 0.1) is 0 Å². The van der Waals surface area contributed by atoms with Crippen LogP contribution in [-0.4, -0.2) is 28.7 Å². The van der Waals surface area contributed by atoms with Crippen molar-refractivity contribution in [2.75, 3.05) is 11.9 Å². The molecular weight excluding hydrogens is 190 g/mol. The van der Waals surface area contributed by atoms with Gasteiger partial charge in [-0.25, -0.2) is 4.98 Å². The van der Waals surface area contributed by atoms with Crippen LogP contribution in [0.3, 0.4) is 0 Å². The molecule has 0 unspecified atom stereocenters. The Bertz CT molecular complexity index is 243. The molecule has 1 heterocycles. The second kappa shape index (κ2) is 5.80. The summed E-state index contributed by atoms with van der Waals surface area (Å²) in [5.74, 6) is 0.738. The molecule has 0 aromatic carbocycles. The fourth-order valence-corrected chi connectivity index (χ4v) is 0.844. The van der Waals surface area contributed by atoms with Gasteiger partial charge in [0, 0.05) is 18.2 Å². The van der Waals surface area contributed by atoms with Gasteiger partial charge in [0.25, 0.3) is 0 Å². The van der Waals surface area contributed by atoms with Gasteiger partial charge < -0.3 is 15.4 Å². The Morgan fingerprint density at radius 2 is 2.15 bits per heavy atom. The maximum Gasteiger partial charge on any atom is 0.490 e. The summed E-state index contributed by atoms with van der Waals surface area (Å²) in [6, 6.07) is 3.33. The van der Waals surface area contributed by atoms with Gasteiger partial charge in [-0.3, -0.25) is 0 Å². The number of hydrogen-bond donors (Lipinski definition) is 3. The summed E-state index contributed by atoms with van der Waals surface area (Å²) in [7, 11) is -1.44. The summed E-state index contributed by atoms with van der Waals surface area (Å²) in [4.78, 5) is 3.96. The van der Waals surface area contributed by atoms with Crippen LogP contribution in [0.25, 0.3) is 0 Å². The second-order valence-electron chi connectivity index (χ2n) is 2.38. The molecule has 0 bridgehead atoms. The smallest absolute Gasteiger partial charge is 0.423 e. The number of hydrogen-bond acceptors (Lipinski definition) is 4. The van der Waals surface area contributed by atoms with Crippen LogP contribution >= 0.6 is 12.4 Å². The normalized spacial score (nSPS) is 8.85. The average molecular weight is 202 g/mol. The molecule has 0 amide bonds. The molecule has 3 N–H and O–H groups in total. The molecular formula is C7H12BClN2O2. The predicted octanol–water partition coefficient (Wildman–Crippen LogP) is -0.385. The Hall–Kier alpha value is -0.775. The van der Waals surface area contributed by atoms with Crippen molar-refractivity contribution in [3.8, 4) is 0 Å². The minimum Gasteiger partial charge on any atom is -0.423 e. The fourth-order valence-electron chi connectivity index (χ4n) is 0.844. The monoisotopic (exact) mass is 202 g/mol. The lowest BCUT2D eigenvalue weighted by Gasteiger charge is -2.02. The molecule has 4 nitrogen and oxygen atoms in total. The Balaban J connectivity index is 0.00000144. The molecule has 13 heavy (non-hydrogen) atoms. The van der Waals surface area contributed by atoms with Crippen molar-refractivity contribution in [1.29, 1.82) is 0 Å². The van der Waals surface area contributed by atoms with E-state index in [-0.39, 0.29) is 12.4 Å². The van der Waals surface area contributed by atoms with E-state index in [1.807, 2.05) is 6.92 Å². The molecule has 1 aromatic heterocycles. The lowest BCUT2D eigenvalue weighted by molar-refractivity contribution is 0.425. The predicted molar refractivity (Wildman–Crippen MR) is 55.5 cm³/mol. The number of nitrogens with zero attached hydrogens (tertiary/aromatic N) is 1. The Morgan fingerprint density at radius 1 is 1.46 bits per heavy atom. The van der Waals surface area contributed by atoms with E-state index >= 15 is 0 Å². The Morgan fingerprint density at radius 3 is 2.54 bits per heavy atom. The van der Waals surface area contributed by atoms with E-state index < -0.39 is 7.12 Å². The zero-order chi connectivity index (χ0) is 8.97. The fraction of sp³-hybridized carbons (Fsp3) is 0.286. The van der Waals surface area contributed by atoms with Gasteiger partial charge in [-0.05, 0) is 13.0 Å². The van der Waals surface area contributed by atoms with Crippen molar-refractivity contribution in [2.45, 2.75) is 6.92 Å². The van der Waals surface area contributed by atoms with Crippen molar-refractivity contribution < 1.29 is 10.0 Å². The first kappa shape index (κ1) is 12.2. The third-order valence-corrected chi connectivity index (χ3v) is 1.44. The van der Waals surface area contributed by atoms with Crippen LogP contribution in [0.4, 0.5) is 5.82 Å². The molecule has 0 aliphatic carbocycles. The molecule has 1 rings (SSSR count). The van der Waals surface area contributed by atoms with E-state index in [9.17, 15) is 0 Å². The number of nitrogens with one attached hydrogen (secondary N) is 1. The lowest BCUT2D eigenvalue weighted by Crippen LogP contribution is -2.30. The number of anilines is 1. The van der Waals surface area contributed by atoms with Gasteiger partial charge >= 0.3 is 7.12 Å². The first-order valence-corrected chi connectivity index (χ1v) is 3.80. The standard InChI is InChI=1S/C7H11BN2O2.ClH/c1-2-9-7-4-3-6(5-10-7)8(11)12;/h3-5,11-12H,2H2,1H3,(H,9,10);1H. The van der Waals surface area contributed by atoms with Gasteiger partial charge in [-0.2, -0.15) is 0 Å². The number of aromatic nitrogens is 1. The number of rotatable bonds is 3. The van der Waals surface area contributed by atoms with Crippen molar-refractivity contribution in [3.63, 3.8) is 0 Å². The van der Waals surface area contributed by atoms with E-state index in [4.69, 9.17) is 10.0 Å². The second-order valence-corrected chi connectivity index (χ2v) is 2.38. The molecule has 1 aromatic rings. The lowest BCUT2D eigenvalue weighted by atomic mass is 9.82. The molecule has 0 saturated heterocycles. The zero-order valence-electron chi connectivity index (χ0n) is 7.27. The van der Waals surface area contributed by atoms with Crippen LogP contribution in [0.1, 0.15) is 6.92 Å². The summed E-state index contributed by atoms with van der Waals surface area (Å²) in [6.07, 6.45) is 1.43.